The fourth-order valence-electron chi connectivity index (χ4n) is 2.10. The van der Waals surface area contributed by atoms with Gasteiger partial charge >= 0.3 is 0 Å². The molecule has 6 heteroatoms. The van der Waals surface area contributed by atoms with Crippen LogP contribution in [0.4, 0.5) is 5.69 Å². The molecule has 1 N–H and O–H groups in total. The third-order valence-electron chi connectivity index (χ3n) is 3.27. The SMILES string of the molecule is O=C(Nc1ccnnc1)c1cc(Br)ccc1OCc1ccccc1. The average molecular weight is 384 g/mol. The number of benzene rings is 2. The number of nitrogens with zero attached hydrogens (tertiary/aromatic N) is 2. The molecule has 1 heterocycles. The zero-order valence-electron chi connectivity index (χ0n) is 12.6. The second-order valence-electron chi connectivity index (χ2n) is 5.00. The summed E-state index contributed by atoms with van der Waals surface area (Å²) >= 11 is 3.39. The van der Waals surface area contributed by atoms with E-state index in [0.29, 0.717) is 23.6 Å². The number of hydrogen-bond donors (Lipinski definition) is 1. The summed E-state index contributed by atoms with van der Waals surface area (Å²) in [5.74, 6) is 0.244. The van der Waals surface area contributed by atoms with Crippen molar-refractivity contribution in [2.75, 3.05) is 5.32 Å². The molecular formula is C18H14BrN3O2. The first-order valence-corrected chi connectivity index (χ1v) is 8.06. The predicted octanol–water partition coefficient (Wildman–Crippen LogP) is 4.07. The van der Waals surface area contributed by atoms with Crippen LogP contribution in [0.1, 0.15) is 15.9 Å². The lowest BCUT2D eigenvalue weighted by Crippen LogP contribution is -2.14. The molecule has 1 aromatic heterocycles. The minimum Gasteiger partial charge on any atom is -0.488 e. The van der Waals surface area contributed by atoms with Crippen molar-refractivity contribution in [1.29, 1.82) is 0 Å². The van der Waals surface area contributed by atoms with Gasteiger partial charge in [-0.1, -0.05) is 46.3 Å². The molecule has 0 aliphatic rings. The highest BCUT2D eigenvalue weighted by Gasteiger charge is 2.14. The van der Waals surface area contributed by atoms with E-state index >= 15 is 0 Å². The number of carbonyl (C=O) groups excluding carboxylic acids is 1. The Bertz CT molecular complexity index is 826. The van der Waals surface area contributed by atoms with Crippen molar-refractivity contribution in [1.82, 2.24) is 10.2 Å². The van der Waals surface area contributed by atoms with Gasteiger partial charge in [-0.25, -0.2) is 0 Å². The van der Waals surface area contributed by atoms with Gasteiger partial charge in [0.1, 0.15) is 12.4 Å². The fraction of sp³-hybridized carbons (Fsp3) is 0.0556. The van der Waals surface area contributed by atoms with Crippen LogP contribution in [0.3, 0.4) is 0 Å². The molecule has 0 saturated heterocycles. The van der Waals surface area contributed by atoms with E-state index in [1.165, 1.54) is 12.4 Å². The van der Waals surface area contributed by atoms with Gasteiger partial charge in [0, 0.05) is 4.47 Å². The topological polar surface area (TPSA) is 64.1 Å². The first kappa shape index (κ1) is 16.1. The molecule has 0 aliphatic carbocycles. The number of carbonyl (C=O) groups is 1. The Balaban J connectivity index is 1.79. The van der Waals surface area contributed by atoms with Crippen molar-refractivity contribution >= 4 is 27.5 Å². The van der Waals surface area contributed by atoms with E-state index in [9.17, 15) is 4.79 Å². The van der Waals surface area contributed by atoms with E-state index in [-0.39, 0.29) is 5.91 Å². The van der Waals surface area contributed by atoms with Crippen molar-refractivity contribution in [2.45, 2.75) is 6.61 Å². The largest absolute Gasteiger partial charge is 0.488 e. The van der Waals surface area contributed by atoms with Crippen LogP contribution in [0.2, 0.25) is 0 Å². The lowest BCUT2D eigenvalue weighted by atomic mass is 10.2. The first-order valence-electron chi connectivity index (χ1n) is 7.27. The van der Waals surface area contributed by atoms with Crippen LogP contribution in [0.5, 0.6) is 5.75 Å². The number of aromatic nitrogens is 2. The average Bonchev–Trinajstić information content (AvgIpc) is 2.62. The van der Waals surface area contributed by atoms with Crippen LogP contribution in [-0.4, -0.2) is 16.1 Å². The van der Waals surface area contributed by atoms with Crippen molar-refractivity contribution in [3.05, 3.63) is 82.6 Å². The number of rotatable bonds is 5. The highest BCUT2D eigenvalue weighted by molar-refractivity contribution is 9.10. The Morgan fingerprint density at radius 2 is 1.92 bits per heavy atom. The Morgan fingerprint density at radius 3 is 2.67 bits per heavy atom. The molecule has 0 saturated carbocycles. The molecule has 120 valence electrons. The second kappa shape index (κ2) is 7.70. The summed E-state index contributed by atoms with van der Waals surface area (Å²) in [7, 11) is 0. The fourth-order valence-corrected chi connectivity index (χ4v) is 2.46. The van der Waals surface area contributed by atoms with E-state index in [1.807, 2.05) is 36.4 Å². The van der Waals surface area contributed by atoms with Crippen LogP contribution < -0.4 is 10.1 Å². The van der Waals surface area contributed by atoms with Crippen LogP contribution in [0, 0.1) is 0 Å². The Morgan fingerprint density at radius 1 is 1.08 bits per heavy atom. The van der Waals surface area contributed by atoms with E-state index in [1.54, 1.807) is 18.2 Å². The Labute approximate surface area is 147 Å². The highest BCUT2D eigenvalue weighted by atomic mass is 79.9. The van der Waals surface area contributed by atoms with Gasteiger partial charge in [-0.2, -0.15) is 10.2 Å². The molecule has 0 aliphatic heterocycles. The summed E-state index contributed by atoms with van der Waals surface area (Å²) in [5.41, 5.74) is 2.05. The lowest BCUT2D eigenvalue weighted by molar-refractivity contribution is 0.102. The quantitative estimate of drug-likeness (QED) is 0.720. The molecular weight excluding hydrogens is 370 g/mol. The van der Waals surface area contributed by atoms with Gasteiger partial charge in [0.2, 0.25) is 0 Å². The van der Waals surface area contributed by atoms with Crippen molar-refractivity contribution in [2.24, 2.45) is 0 Å². The molecule has 3 aromatic rings. The van der Waals surface area contributed by atoms with Gasteiger partial charge in [0.25, 0.3) is 5.91 Å². The molecule has 0 spiro atoms. The summed E-state index contributed by atoms with van der Waals surface area (Å²) < 4.78 is 6.63. The summed E-state index contributed by atoms with van der Waals surface area (Å²) in [5, 5.41) is 10.2. The zero-order valence-corrected chi connectivity index (χ0v) is 14.2. The van der Waals surface area contributed by atoms with Gasteiger partial charge in [0.15, 0.2) is 0 Å². The van der Waals surface area contributed by atoms with Crippen molar-refractivity contribution in [3.8, 4) is 5.75 Å². The molecule has 1 amide bonds. The third-order valence-corrected chi connectivity index (χ3v) is 3.76. The molecule has 0 unspecified atom stereocenters. The van der Waals surface area contributed by atoms with Gasteiger partial charge in [-0.05, 0) is 29.8 Å². The molecule has 24 heavy (non-hydrogen) atoms. The molecule has 0 radical (unpaired) electrons. The monoisotopic (exact) mass is 383 g/mol. The van der Waals surface area contributed by atoms with Crippen molar-refractivity contribution in [3.63, 3.8) is 0 Å². The molecule has 5 nitrogen and oxygen atoms in total. The van der Waals surface area contributed by atoms with E-state index < -0.39 is 0 Å². The number of amides is 1. The van der Waals surface area contributed by atoms with E-state index in [0.717, 1.165) is 10.0 Å². The van der Waals surface area contributed by atoms with Crippen LogP contribution in [0.15, 0.2) is 71.5 Å². The minimum absolute atomic E-state index is 0.271. The van der Waals surface area contributed by atoms with E-state index in [4.69, 9.17) is 4.74 Å². The minimum atomic E-state index is -0.271. The summed E-state index contributed by atoms with van der Waals surface area (Å²) in [4.78, 5) is 12.5. The first-order chi connectivity index (χ1) is 11.7. The van der Waals surface area contributed by atoms with Crippen LogP contribution in [-0.2, 0) is 6.61 Å². The summed E-state index contributed by atoms with van der Waals surface area (Å²) in [6, 6.07) is 16.8. The Hall–Kier alpha value is -2.73. The van der Waals surface area contributed by atoms with Gasteiger partial charge in [-0.15, -0.1) is 0 Å². The summed E-state index contributed by atoms with van der Waals surface area (Å²) in [6.45, 7) is 0.388. The maximum atomic E-state index is 12.5. The third kappa shape index (κ3) is 4.17. The zero-order chi connectivity index (χ0) is 16.8. The predicted molar refractivity (Wildman–Crippen MR) is 94.9 cm³/mol. The molecule has 3 rings (SSSR count). The van der Waals surface area contributed by atoms with Gasteiger partial charge in [-0.3, -0.25) is 4.79 Å². The van der Waals surface area contributed by atoms with Crippen molar-refractivity contribution < 1.29 is 9.53 Å². The lowest BCUT2D eigenvalue weighted by Gasteiger charge is -2.12. The number of hydrogen-bond acceptors (Lipinski definition) is 4. The smallest absolute Gasteiger partial charge is 0.259 e. The number of ether oxygens (including phenoxy) is 1. The van der Waals surface area contributed by atoms with Gasteiger partial charge < -0.3 is 10.1 Å². The second-order valence-corrected chi connectivity index (χ2v) is 5.92. The van der Waals surface area contributed by atoms with Gasteiger partial charge in [0.05, 0.1) is 23.6 Å². The van der Waals surface area contributed by atoms with Crippen LogP contribution in [0.25, 0.3) is 0 Å². The molecule has 0 bridgehead atoms. The molecule has 0 fully saturated rings. The number of nitrogens with one attached hydrogen (secondary N) is 1. The molecule has 0 atom stereocenters. The highest BCUT2D eigenvalue weighted by Crippen LogP contribution is 2.25. The number of halogens is 1. The van der Waals surface area contributed by atoms with E-state index in [2.05, 4.69) is 31.4 Å². The number of anilines is 1. The normalized spacial score (nSPS) is 10.2. The maximum Gasteiger partial charge on any atom is 0.259 e. The maximum absolute atomic E-state index is 12.5. The molecule has 2 aromatic carbocycles. The summed E-state index contributed by atoms with van der Waals surface area (Å²) in [6.07, 6.45) is 3.00. The van der Waals surface area contributed by atoms with Crippen LogP contribution >= 0.6 is 15.9 Å². The Kier molecular flexibility index (Phi) is 5.18. The standard InChI is InChI=1S/C18H14BrN3O2/c19-14-6-7-17(24-12-13-4-2-1-3-5-13)16(10-14)18(23)22-15-8-9-20-21-11-15/h1-11H,12H2,(H,20,22,23).